The molecule has 1 unspecified atom stereocenters. The average molecular weight is 277 g/mol. The van der Waals surface area contributed by atoms with E-state index in [2.05, 4.69) is 6.07 Å². The maximum atomic E-state index is 11.1. The molecule has 0 radical (unpaired) electrons. The molecule has 0 aromatic heterocycles. The maximum Gasteiger partial charge on any atom is 0.303 e. The van der Waals surface area contributed by atoms with Crippen molar-refractivity contribution in [1.82, 2.24) is 0 Å². The van der Waals surface area contributed by atoms with Crippen LogP contribution in [0.15, 0.2) is 12.2 Å². The van der Waals surface area contributed by atoms with E-state index >= 15 is 0 Å². The molecule has 3 rings (SSSR count). The first-order valence-corrected chi connectivity index (χ1v) is 7.20. The molecule has 2 bridgehead atoms. The van der Waals surface area contributed by atoms with E-state index in [1.807, 2.05) is 12.2 Å². The molecule has 2 heterocycles. The van der Waals surface area contributed by atoms with Crippen LogP contribution in [0.4, 0.5) is 0 Å². The molecule has 1 aliphatic carbocycles. The Labute approximate surface area is 118 Å². The van der Waals surface area contributed by atoms with Gasteiger partial charge in [0.2, 0.25) is 0 Å². The van der Waals surface area contributed by atoms with Gasteiger partial charge in [-0.25, -0.2) is 0 Å². The molecule has 5 nitrogen and oxygen atoms in total. The number of nitriles is 1. The summed E-state index contributed by atoms with van der Waals surface area (Å²) < 4.78 is 17.5. The van der Waals surface area contributed by atoms with Gasteiger partial charge in [-0.3, -0.25) is 4.79 Å². The SMILES string of the molecule is CC(=O)O[C@@H]1C=C[C@]23C[C@H]1OC2CC[C@H](CCC#N)O3. The fraction of sp³-hybridized carbons (Fsp3) is 0.733. The van der Waals surface area contributed by atoms with E-state index in [0.717, 1.165) is 25.7 Å². The van der Waals surface area contributed by atoms with Crippen molar-refractivity contribution in [3.8, 4) is 6.07 Å². The smallest absolute Gasteiger partial charge is 0.303 e. The Balaban J connectivity index is 1.71. The largest absolute Gasteiger partial charge is 0.456 e. The van der Waals surface area contributed by atoms with Gasteiger partial charge in [0.25, 0.3) is 0 Å². The molecular formula is C15H19NO4. The molecule has 108 valence electrons. The Kier molecular flexibility index (Phi) is 3.53. The highest BCUT2D eigenvalue weighted by Crippen LogP contribution is 2.47. The fourth-order valence-corrected chi connectivity index (χ4v) is 3.49. The predicted molar refractivity (Wildman–Crippen MR) is 69.7 cm³/mol. The Bertz CT molecular complexity index is 469. The van der Waals surface area contributed by atoms with E-state index in [1.165, 1.54) is 6.92 Å². The lowest BCUT2D eigenvalue weighted by atomic mass is 9.82. The molecule has 3 aliphatic rings. The quantitative estimate of drug-likeness (QED) is 0.582. The lowest BCUT2D eigenvalue weighted by molar-refractivity contribution is -0.152. The molecule has 0 saturated carbocycles. The van der Waals surface area contributed by atoms with Crippen LogP contribution in [-0.2, 0) is 19.0 Å². The molecule has 2 fully saturated rings. The minimum Gasteiger partial charge on any atom is -0.456 e. The van der Waals surface area contributed by atoms with Gasteiger partial charge in [0, 0.05) is 19.8 Å². The van der Waals surface area contributed by atoms with E-state index in [9.17, 15) is 4.79 Å². The van der Waals surface area contributed by atoms with Gasteiger partial charge in [0.15, 0.2) is 0 Å². The van der Waals surface area contributed by atoms with Crippen LogP contribution in [0.5, 0.6) is 0 Å². The number of carbonyl (C=O) groups is 1. The highest BCUT2D eigenvalue weighted by molar-refractivity contribution is 5.66. The van der Waals surface area contributed by atoms with Crippen LogP contribution in [0.1, 0.15) is 39.0 Å². The van der Waals surface area contributed by atoms with Crippen molar-refractivity contribution in [2.75, 3.05) is 0 Å². The van der Waals surface area contributed by atoms with Crippen LogP contribution < -0.4 is 0 Å². The number of hydrogen-bond acceptors (Lipinski definition) is 5. The fourth-order valence-electron chi connectivity index (χ4n) is 3.49. The standard InChI is InChI=1S/C15H19NO4/c1-10(17)18-12-6-7-15-9-13(12)19-14(15)5-4-11(20-15)3-2-8-16/h6-7,11-14H,2-5,9H2,1H3/t11-,12+,13+,14?,15-/m0/s1. The van der Waals surface area contributed by atoms with Gasteiger partial charge in [0.05, 0.1) is 18.3 Å². The minimum absolute atomic E-state index is 0.0441. The van der Waals surface area contributed by atoms with E-state index in [4.69, 9.17) is 19.5 Å². The van der Waals surface area contributed by atoms with Crippen molar-refractivity contribution in [2.45, 2.75) is 69.0 Å². The summed E-state index contributed by atoms with van der Waals surface area (Å²) >= 11 is 0. The van der Waals surface area contributed by atoms with Gasteiger partial charge < -0.3 is 14.2 Å². The van der Waals surface area contributed by atoms with Crippen LogP contribution >= 0.6 is 0 Å². The van der Waals surface area contributed by atoms with Gasteiger partial charge in [-0.1, -0.05) is 6.08 Å². The van der Waals surface area contributed by atoms with E-state index < -0.39 is 0 Å². The van der Waals surface area contributed by atoms with Crippen molar-refractivity contribution >= 4 is 5.97 Å². The van der Waals surface area contributed by atoms with Crippen molar-refractivity contribution in [3.05, 3.63) is 12.2 Å². The molecular weight excluding hydrogens is 258 g/mol. The predicted octanol–water partition coefficient (Wildman–Crippen LogP) is 1.87. The first-order valence-electron chi connectivity index (χ1n) is 7.20. The van der Waals surface area contributed by atoms with Crippen LogP contribution in [0.2, 0.25) is 0 Å². The number of fused-ring (bicyclic) bond motifs is 1. The Morgan fingerprint density at radius 3 is 3.15 bits per heavy atom. The number of carbonyl (C=O) groups excluding carboxylic acids is 1. The second kappa shape index (κ2) is 5.19. The van der Waals surface area contributed by atoms with Gasteiger partial charge in [-0.2, -0.15) is 5.26 Å². The zero-order valence-corrected chi connectivity index (χ0v) is 11.6. The zero-order chi connectivity index (χ0) is 14.2. The molecule has 0 amide bonds. The molecule has 2 aliphatic heterocycles. The highest BCUT2D eigenvalue weighted by Gasteiger charge is 2.55. The molecule has 0 aromatic rings. The van der Waals surface area contributed by atoms with Gasteiger partial charge >= 0.3 is 5.97 Å². The number of rotatable bonds is 3. The summed E-state index contributed by atoms with van der Waals surface area (Å²) in [5.41, 5.74) is -0.375. The first kappa shape index (κ1) is 13.6. The van der Waals surface area contributed by atoms with Crippen LogP contribution in [-0.4, -0.2) is 36.0 Å². The zero-order valence-electron chi connectivity index (χ0n) is 11.6. The lowest BCUT2D eigenvalue weighted by Crippen LogP contribution is -2.47. The monoisotopic (exact) mass is 277 g/mol. The van der Waals surface area contributed by atoms with Crippen molar-refractivity contribution in [3.63, 3.8) is 0 Å². The first-order chi connectivity index (χ1) is 9.63. The number of esters is 1. The highest BCUT2D eigenvalue weighted by atomic mass is 16.6. The number of ether oxygens (including phenoxy) is 3. The summed E-state index contributed by atoms with van der Waals surface area (Å²) in [5, 5.41) is 8.68. The second-order valence-corrected chi connectivity index (χ2v) is 5.77. The molecule has 20 heavy (non-hydrogen) atoms. The molecule has 0 N–H and O–H groups in total. The summed E-state index contributed by atoms with van der Waals surface area (Å²) in [6, 6.07) is 2.17. The number of nitrogens with zero attached hydrogens (tertiary/aromatic N) is 1. The normalized spacial score (nSPS) is 41.8. The summed E-state index contributed by atoms with van der Waals surface area (Å²) in [6.07, 6.45) is 7.55. The average Bonchev–Trinajstić information content (AvgIpc) is 2.72. The lowest BCUT2D eigenvalue weighted by Gasteiger charge is -2.40. The van der Waals surface area contributed by atoms with Gasteiger partial charge in [0.1, 0.15) is 17.8 Å². The van der Waals surface area contributed by atoms with Crippen molar-refractivity contribution < 1.29 is 19.0 Å². The van der Waals surface area contributed by atoms with Crippen molar-refractivity contribution in [1.29, 1.82) is 5.26 Å². The van der Waals surface area contributed by atoms with Gasteiger partial charge in [-0.05, 0) is 25.3 Å². The van der Waals surface area contributed by atoms with E-state index in [0.29, 0.717) is 6.42 Å². The van der Waals surface area contributed by atoms with Crippen molar-refractivity contribution in [2.24, 2.45) is 0 Å². The van der Waals surface area contributed by atoms with Crippen LogP contribution in [0, 0.1) is 11.3 Å². The molecule has 1 spiro atoms. The summed E-state index contributed by atoms with van der Waals surface area (Å²) in [4.78, 5) is 11.1. The van der Waals surface area contributed by atoms with Crippen LogP contribution in [0.3, 0.4) is 0 Å². The molecule has 2 saturated heterocycles. The summed E-state index contributed by atoms with van der Waals surface area (Å²) in [5.74, 6) is -0.290. The third-order valence-corrected chi connectivity index (χ3v) is 4.36. The Morgan fingerprint density at radius 2 is 2.40 bits per heavy atom. The van der Waals surface area contributed by atoms with Gasteiger partial charge in [-0.15, -0.1) is 0 Å². The number of hydrogen-bond donors (Lipinski definition) is 0. The maximum absolute atomic E-state index is 11.1. The van der Waals surface area contributed by atoms with E-state index in [-0.39, 0.29) is 36.0 Å². The summed E-state index contributed by atoms with van der Waals surface area (Å²) in [7, 11) is 0. The minimum atomic E-state index is -0.375. The third-order valence-electron chi connectivity index (χ3n) is 4.36. The molecule has 5 atom stereocenters. The van der Waals surface area contributed by atoms with Crippen LogP contribution in [0.25, 0.3) is 0 Å². The topological polar surface area (TPSA) is 68.5 Å². The Hall–Kier alpha value is -1.38. The third kappa shape index (κ3) is 2.34. The molecule has 0 aromatic carbocycles. The van der Waals surface area contributed by atoms with E-state index in [1.54, 1.807) is 0 Å². The molecule has 5 heteroatoms. The second-order valence-electron chi connectivity index (χ2n) is 5.77. The Morgan fingerprint density at radius 1 is 1.55 bits per heavy atom. The summed E-state index contributed by atoms with van der Waals surface area (Å²) in [6.45, 7) is 1.41.